The molecule has 1 aliphatic rings. The summed E-state index contributed by atoms with van der Waals surface area (Å²) in [5.41, 5.74) is 1.95. The molecule has 0 unspecified atom stereocenters. The van der Waals surface area contributed by atoms with E-state index in [1.165, 1.54) is 28.6 Å². The number of ether oxygens (including phenoxy) is 1. The van der Waals surface area contributed by atoms with E-state index < -0.39 is 27.6 Å². The van der Waals surface area contributed by atoms with Gasteiger partial charge in [0, 0.05) is 61.7 Å². The Morgan fingerprint density at radius 1 is 1.12 bits per heavy atom. The molecular weight excluding hydrogens is 564 g/mol. The van der Waals surface area contributed by atoms with Gasteiger partial charge < -0.3 is 15.4 Å². The highest BCUT2D eigenvalue weighted by Gasteiger charge is 2.31. The van der Waals surface area contributed by atoms with Crippen LogP contribution in [0.3, 0.4) is 0 Å². The first-order valence-corrected chi connectivity index (χ1v) is 15.7. The predicted molar refractivity (Wildman–Crippen MR) is 157 cm³/mol. The van der Waals surface area contributed by atoms with Crippen LogP contribution >= 0.6 is 0 Å². The second-order valence-electron chi connectivity index (χ2n) is 10.5. The molecule has 4 rings (SSSR count). The maximum atomic E-state index is 15.0. The van der Waals surface area contributed by atoms with E-state index in [4.69, 9.17) is 4.74 Å². The van der Waals surface area contributed by atoms with Gasteiger partial charge in [-0.05, 0) is 69.0 Å². The highest BCUT2D eigenvalue weighted by Crippen LogP contribution is 2.30. The van der Waals surface area contributed by atoms with E-state index in [9.17, 15) is 17.6 Å². The van der Waals surface area contributed by atoms with Crippen molar-refractivity contribution < 1.29 is 26.7 Å². The summed E-state index contributed by atoms with van der Waals surface area (Å²) in [6.45, 7) is 6.72. The Morgan fingerprint density at radius 2 is 1.83 bits per heavy atom. The molecule has 2 heterocycles. The van der Waals surface area contributed by atoms with Gasteiger partial charge in [0.25, 0.3) is 0 Å². The first-order chi connectivity index (χ1) is 20.1. The van der Waals surface area contributed by atoms with E-state index in [1.807, 2.05) is 13.8 Å². The van der Waals surface area contributed by atoms with Gasteiger partial charge in [0.05, 0.1) is 11.9 Å². The summed E-state index contributed by atoms with van der Waals surface area (Å²) in [5, 5.41) is 6.06. The summed E-state index contributed by atoms with van der Waals surface area (Å²) in [6, 6.07) is 10.2. The van der Waals surface area contributed by atoms with Crippen molar-refractivity contribution in [2.24, 2.45) is 0 Å². The number of piperazine rings is 1. The number of hydrogen-bond donors (Lipinski definition) is 2. The molecule has 1 aliphatic heterocycles. The van der Waals surface area contributed by atoms with E-state index in [0.29, 0.717) is 48.4 Å². The third kappa shape index (κ3) is 8.08. The number of rotatable bonds is 12. The van der Waals surface area contributed by atoms with E-state index in [1.54, 1.807) is 37.5 Å². The summed E-state index contributed by atoms with van der Waals surface area (Å²) in [7, 11) is -3.40. The second-order valence-corrected chi connectivity index (χ2v) is 12.7. The molecule has 12 heteroatoms. The Balaban J connectivity index is 1.52. The average Bonchev–Trinajstić information content (AvgIpc) is 2.96. The lowest BCUT2D eigenvalue weighted by Crippen LogP contribution is -2.54. The van der Waals surface area contributed by atoms with Gasteiger partial charge in [-0.15, -0.1) is 0 Å². The van der Waals surface area contributed by atoms with Crippen LogP contribution < -0.4 is 15.4 Å². The largest absolute Gasteiger partial charge is 0.461 e. The standard InChI is InChI=1S/C30H37F2N5O4S/c1-4-42(39,40)37-15-14-33-19-24(37)12-13-25-27(32)6-5-7-28(25)36-29(38)16-26(21-8-10-23(31)11-9-21)22-17-34-30(35-18-22)41-20(2)3/h5-11,17-18,20,24,26,33H,4,12-16,19H2,1-3H3,(H,36,38)/t24-,26-/m0/s1. The smallest absolute Gasteiger partial charge is 0.316 e. The fourth-order valence-corrected chi connectivity index (χ4v) is 6.38. The number of amides is 1. The Morgan fingerprint density at radius 3 is 2.50 bits per heavy atom. The number of carbonyl (C=O) groups excluding carboxylic acids is 1. The quantitative estimate of drug-likeness (QED) is 0.319. The minimum Gasteiger partial charge on any atom is -0.461 e. The van der Waals surface area contributed by atoms with Crippen LogP contribution in [-0.2, 0) is 21.2 Å². The van der Waals surface area contributed by atoms with E-state index >= 15 is 4.39 Å². The van der Waals surface area contributed by atoms with Crippen molar-refractivity contribution in [3.05, 3.63) is 83.2 Å². The van der Waals surface area contributed by atoms with Gasteiger partial charge in [-0.25, -0.2) is 27.2 Å². The van der Waals surface area contributed by atoms with Crippen LogP contribution in [0.5, 0.6) is 6.01 Å². The molecule has 2 atom stereocenters. The van der Waals surface area contributed by atoms with Crippen LogP contribution in [-0.4, -0.2) is 66.1 Å². The Labute approximate surface area is 245 Å². The van der Waals surface area contributed by atoms with Gasteiger partial charge in [0.1, 0.15) is 11.6 Å². The fourth-order valence-electron chi connectivity index (χ4n) is 5.05. The summed E-state index contributed by atoms with van der Waals surface area (Å²) in [4.78, 5) is 21.9. The lowest BCUT2D eigenvalue weighted by molar-refractivity contribution is -0.116. The molecule has 1 fully saturated rings. The predicted octanol–water partition coefficient (Wildman–Crippen LogP) is 4.26. The average molecular weight is 602 g/mol. The number of nitrogens with one attached hydrogen (secondary N) is 2. The molecule has 226 valence electrons. The number of carbonyl (C=O) groups is 1. The molecule has 42 heavy (non-hydrogen) atoms. The molecule has 2 N–H and O–H groups in total. The van der Waals surface area contributed by atoms with E-state index in [0.717, 1.165) is 0 Å². The van der Waals surface area contributed by atoms with Crippen LogP contribution in [0, 0.1) is 11.6 Å². The van der Waals surface area contributed by atoms with Crippen molar-refractivity contribution in [3.63, 3.8) is 0 Å². The van der Waals surface area contributed by atoms with Crippen molar-refractivity contribution in [2.75, 3.05) is 30.7 Å². The minimum atomic E-state index is -3.40. The number of benzene rings is 2. The summed E-state index contributed by atoms with van der Waals surface area (Å²) in [5.74, 6) is -1.77. The monoisotopic (exact) mass is 601 g/mol. The number of halogens is 2. The van der Waals surface area contributed by atoms with Gasteiger partial charge in [-0.1, -0.05) is 18.2 Å². The van der Waals surface area contributed by atoms with Crippen molar-refractivity contribution >= 4 is 21.6 Å². The SMILES string of the molecule is CCS(=O)(=O)N1CCNC[C@@H]1CCc1c(F)cccc1NC(=O)C[C@@H](c1ccc(F)cc1)c1cnc(OC(C)C)nc1. The molecule has 1 saturated heterocycles. The van der Waals surface area contributed by atoms with Crippen molar-refractivity contribution in [3.8, 4) is 6.01 Å². The third-order valence-corrected chi connectivity index (χ3v) is 9.12. The van der Waals surface area contributed by atoms with Crippen molar-refractivity contribution in [2.45, 2.75) is 58.1 Å². The first-order valence-electron chi connectivity index (χ1n) is 14.1. The zero-order valence-electron chi connectivity index (χ0n) is 24.0. The van der Waals surface area contributed by atoms with Crippen molar-refractivity contribution in [1.29, 1.82) is 0 Å². The number of sulfonamides is 1. The lowest BCUT2D eigenvalue weighted by atomic mass is 9.90. The van der Waals surface area contributed by atoms with Gasteiger partial charge in [0.2, 0.25) is 15.9 Å². The normalized spacial score (nSPS) is 16.8. The maximum Gasteiger partial charge on any atom is 0.316 e. The summed E-state index contributed by atoms with van der Waals surface area (Å²) >= 11 is 0. The molecule has 0 spiro atoms. The van der Waals surface area contributed by atoms with E-state index in [-0.39, 0.29) is 42.7 Å². The van der Waals surface area contributed by atoms with Crippen LogP contribution in [0.4, 0.5) is 14.5 Å². The van der Waals surface area contributed by atoms with E-state index in [2.05, 4.69) is 20.6 Å². The Hall–Kier alpha value is -3.48. The summed E-state index contributed by atoms with van der Waals surface area (Å²) < 4.78 is 61.0. The third-order valence-electron chi connectivity index (χ3n) is 7.19. The Kier molecular flexibility index (Phi) is 10.6. The first kappa shape index (κ1) is 31.5. The van der Waals surface area contributed by atoms with Crippen molar-refractivity contribution in [1.82, 2.24) is 19.6 Å². The minimum absolute atomic E-state index is 0.00174. The molecule has 1 amide bonds. The number of aromatic nitrogens is 2. The number of anilines is 1. The molecule has 0 aliphatic carbocycles. The molecule has 9 nitrogen and oxygen atoms in total. The summed E-state index contributed by atoms with van der Waals surface area (Å²) in [6.07, 6.45) is 3.63. The van der Waals surface area contributed by atoms with Gasteiger partial charge in [-0.3, -0.25) is 4.79 Å². The molecule has 2 aromatic carbocycles. The maximum absolute atomic E-state index is 15.0. The number of nitrogens with zero attached hydrogens (tertiary/aromatic N) is 3. The molecular formula is C30H37F2N5O4S. The lowest BCUT2D eigenvalue weighted by Gasteiger charge is -2.35. The van der Waals surface area contributed by atoms with Gasteiger partial charge >= 0.3 is 6.01 Å². The molecule has 1 aromatic heterocycles. The molecule has 0 bridgehead atoms. The van der Waals surface area contributed by atoms with Gasteiger partial charge in [-0.2, -0.15) is 4.31 Å². The zero-order chi connectivity index (χ0) is 30.3. The highest BCUT2D eigenvalue weighted by atomic mass is 32.2. The molecule has 3 aromatic rings. The van der Waals surface area contributed by atoms with Crippen LogP contribution in [0.15, 0.2) is 54.9 Å². The Bertz CT molecular complexity index is 1450. The fraction of sp³-hybridized carbons (Fsp3) is 0.433. The molecule has 0 radical (unpaired) electrons. The number of hydrogen-bond acceptors (Lipinski definition) is 7. The molecule has 0 saturated carbocycles. The van der Waals surface area contributed by atoms with Crippen LogP contribution in [0.1, 0.15) is 56.2 Å². The highest BCUT2D eigenvalue weighted by molar-refractivity contribution is 7.89. The second kappa shape index (κ2) is 14.1. The van der Waals surface area contributed by atoms with Crippen LogP contribution in [0.25, 0.3) is 0 Å². The topological polar surface area (TPSA) is 114 Å². The van der Waals surface area contributed by atoms with Gasteiger partial charge in [0.15, 0.2) is 0 Å². The zero-order valence-corrected chi connectivity index (χ0v) is 24.8. The van der Waals surface area contributed by atoms with Crippen LogP contribution in [0.2, 0.25) is 0 Å².